The topological polar surface area (TPSA) is 99.0 Å². The number of para-hydroxylation sites is 2. The van der Waals surface area contributed by atoms with E-state index in [1.165, 1.54) is 0 Å². The Labute approximate surface area is 123 Å². The normalized spacial score (nSPS) is 18.5. The molecule has 0 aromatic heterocycles. The fraction of sp³-hybridized carbons (Fsp3) is 0.333. The van der Waals surface area contributed by atoms with Gasteiger partial charge in [0.15, 0.2) is 22.5 Å². The number of quaternary nitrogens is 1. The first-order valence-electron chi connectivity index (χ1n) is 5.38. The van der Waals surface area contributed by atoms with Gasteiger partial charge in [-0.15, -0.1) is 12.7 Å². The second-order valence-corrected chi connectivity index (χ2v) is 6.87. The van der Waals surface area contributed by atoms with E-state index in [1.807, 2.05) is 0 Å². The number of anilines is 1. The molecule has 1 unspecified atom stereocenters. The van der Waals surface area contributed by atoms with Crippen LogP contribution in [0.3, 0.4) is 0 Å². The van der Waals surface area contributed by atoms with Crippen molar-refractivity contribution >= 4 is 31.9 Å². The van der Waals surface area contributed by atoms with E-state index < -0.39 is 26.0 Å². The Hall–Kier alpha value is -1.44. The van der Waals surface area contributed by atoms with Crippen molar-refractivity contribution in [1.82, 2.24) is 0 Å². The lowest BCUT2D eigenvalue weighted by Crippen LogP contribution is -3.08. The van der Waals surface area contributed by atoms with Crippen molar-refractivity contribution in [2.75, 3.05) is 18.6 Å². The molecule has 1 heterocycles. The molecule has 1 N–H and O–H groups in total. The number of hydrogen-bond donors (Lipinski definition) is 1. The Kier molecular flexibility index (Phi) is 5.06. The maximum absolute atomic E-state index is 12.9. The van der Waals surface area contributed by atoms with Gasteiger partial charge in [0.1, 0.15) is 5.69 Å². The number of nitrogens with one attached hydrogen (secondary N) is 1. The van der Waals surface area contributed by atoms with Crippen molar-refractivity contribution < 1.29 is 42.8 Å². The van der Waals surface area contributed by atoms with Crippen LogP contribution in [0.15, 0.2) is 24.3 Å². The zero-order valence-corrected chi connectivity index (χ0v) is 12.5. The lowest BCUT2D eigenvalue weighted by atomic mass is 10.3. The predicted molar refractivity (Wildman–Crippen MR) is 66.1 cm³/mol. The number of rotatable bonds is 1. The van der Waals surface area contributed by atoms with Crippen LogP contribution in [0.4, 0.5) is 28.4 Å². The average molecular weight is 366 g/mol. The van der Waals surface area contributed by atoms with Crippen LogP contribution in [0, 0.1) is 0 Å². The molecule has 0 aliphatic carbocycles. The molecule has 0 radical (unpaired) electrons. The molecule has 2 rings (SSSR count). The molecule has 22 heavy (non-hydrogen) atoms. The predicted octanol–water partition coefficient (Wildman–Crippen LogP) is -0.124. The second kappa shape index (κ2) is 5.98. The maximum Gasteiger partial charge on any atom is 0.485 e. The van der Waals surface area contributed by atoms with Gasteiger partial charge in [-0.25, -0.2) is 8.42 Å². The summed E-state index contributed by atoms with van der Waals surface area (Å²) in [4.78, 5) is 1.71. The average Bonchev–Trinajstić information content (AvgIpc) is 2.66. The molecule has 126 valence electrons. The number of fused-ring (bicyclic) bond motifs is 1. The van der Waals surface area contributed by atoms with Gasteiger partial charge in [0.05, 0.1) is 0 Å². The van der Waals surface area contributed by atoms with Gasteiger partial charge in [0.25, 0.3) is 0 Å². The zero-order chi connectivity index (χ0) is 17.3. The number of benzene rings is 1. The van der Waals surface area contributed by atoms with Crippen LogP contribution in [0.1, 0.15) is 0 Å². The van der Waals surface area contributed by atoms with Gasteiger partial charge in [0, 0.05) is 13.1 Å². The quantitative estimate of drug-likeness (QED) is 0.322. The molecule has 1 aromatic carbocycles. The Balaban J connectivity index is 0.000000261. The summed E-state index contributed by atoms with van der Waals surface area (Å²) in [6.45, 7) is 0.109. The Bertz CT molecular complexity index is 748. The van der Waals surface area contributed by atoms with Gasteiger partial charge >= 0.3 is 15.9 Å². The fourth-order valence-electron chi connectivity index (χ4n) is 1.64. The van der Waals surface area contributed by atoms with Gasteiger partial charge in [0.2, 0.25) is 0 Å². The first kappa shape index (κ1) is 18.6. The molecule has 0 saturated carbocycles. The van der Waals surface area contributed by atoms with Gasteiger partial charge in [-0.2, -0.15) is 13.2 Å². The third-order valence-corrected chi connectivity index (χ3v) is 4.08. The minimum absolute atomic E-state index is 0.109. The smallest absolute Gasteiger partial charge is 0.485 e. The van der Waals surface area contributed by atoms with Crippen LogP contribution < -0.4 is 9.21 Å². The van der Waals surface area contributed by atoms with Crippen molar-refractivity contribution in [3.63, 3.8) is 0 Å². The first-order chi connectivity index (χ1) is 9.75. The highest BCUT2D eigenvalue weighted by molar-refractivity contribution is 7.86. The largest absolute Gasteiger partial charge is 0.741 e. The molecule has 0 spiro atoms. The zero-order valence-electron chi connectivity index (χ0n) is 10.8. The summed E-state index contributed by atoms with van der Waals surface area (Å²) >= 11 is 0. The molecule has 0 saturated heterocycles. The highest BCUT2D eigenvalue weighted by atomic mass is 32.3. The Morgan fingerprint density at radius 3 is 2.05 bits per heavy atom. The molecule has 0 amide bonds. The Morgan fingerprint density at radius 1 is 1.18 bits per heavy atom. The summed E-state index contributed by atoms with van der Waals surface area (Å²) in [5.74, 6) is 0. The SMILES string of the molecule is CN1C[NH+](S(=O)(=O)F)c2ccccc21.O=S(=O)([O-])C(F)(F)F. The minimum Gasteiger partial charge on any atom is -0.741 e. The monoisotopic (exact) mass is 366 g/mol. The van der Waals surface area contributed by atoms with E-state index in [4.69, 9.17) is 13.0 Å². The number of nitrogens with zero attached hydrogens (tertiary/aromatic N) is 1. The van der Waals surface area contributed by atoms with Gasteiger partial charge in [-0.1, -0.05) is 16.0 Å². The molecule has 1 aliphatic heterocycles. The second-order valence-electron chi connectivity index (χ2n) is 4.13. The summed E-state index contributed by atoms with van der Waals surface area (Å²) < 4.78 is 93.2. The molecule has 13 heteroatoms. The van der Waals surface area contributed by atoms with E-state index in [0.717, 1.165) is 5.69 Å². The van der Waals surface area contributed by atoms with Crippen molar-refractivity contribution in [3.8, 4) is 0 Å². The van der Waals surface area contributed by atoms with E-state index in [2.05, 4.69) is 0 Å². The highest BCUT2D eigenvalue weighted by Gasteiger charge is 2.38. The van der Waals surface area contributed by atoms with E-state index in [-0.39, 0.29) is 11.0 Å². The molecule has 1 aromatic rings. The molecule has 0 fully saturated rings. The van der Waals surface area contributed by atoms with Crippen LogP contribution in [-0.4, -0.2) is 40.6 Å². The molecular weight excluding hydrogens is 356 g/mol. The van der Waals surface area contributed by atoms with Crippen molar-refractivity contribution in [2.45, 2.75) is 5.51 Å². The van der Waals surface area contributed by atoms with E-state index >= 15 is 0 Å². The van der Waals surface area contributed by atoms with Crippen molar-refractivity contribution in [2.24, 2.45) is 0 Å². The van der Waals surface area contributed by atoms with Crippen LogP contribution in [0.5, 0.6) is 0 Å². The summed E-state index contributed by atoms with van der Waals surface area (Å²) in [6, 6.07) is 6.88. The summed E-state index contributed by atoms with van der Waals surface area (Å²) in [5.41, 5.74) is -4.42. The molecule has 7 nitrogen and oxygen atoms in total. The Morgan fingerprint density at radius 2 is 1.64 bits per heavy atom. The highest BCUT2D eigenvalue weighted by Crippen LogP contribution is 2.25. The molecule has 1 atom stereocenters. The summed E-state index contributed by atoms with van der Waals surface area (Å²) in [6.07, 6.45) is 0. The molecule has 1 aliphatic rings. The van der Waals surface area contributed by atoms with Crippen LogP contribution in [0.2, 0.25) is 0 Å². The van der Waals surface area contributed by atoms with Gasteiger partial charge < -0.3 is 9.45 Å². The lowest BCUT2D eigenvalue weighted by Gasteiger charge is -2.08. The van der Waals surface area contributed by atoms with Crippen molar-refractivity contribution in [1.29, 1.82) is 0 Å². The number of halogens is 4. The number of hydrogen-bond acceptors (Lipinski definition) is 6. The van der Waals surface area contributed by atoms with Crippen LogP contribution in [-0.2, 0) is 20.5 Å². The minimum atomic E-state index is -6.09. The van der Waals surface area contributed by atoms with Gasteiger partial charge in [-0.3, -0.25) is 0 Å². The number of alkyl halides is 3. The van der Waals surface area contributed by atoms with Crippen LogP contribution in [0.25, 0.3) is 0 Å². The lowest BCUT2D eigenvalue weighted by molar-refractivity contribution is -0.686. The molecular formula is C9H10F4N2O5S2. The third kappa shape index (κ3) is 4.28. The van der Waals surface area contributed by atoms with Crippen LogP contribution >= 0.6 is 0 Å². The summed E-state index contributed by atoms with van der Waals surface area (Å²) in [5, 5.41) is 0. The first-order valence-corrected chi connectivity index (χ1v) is 8.17. The third-order valence-electron chi connectivity index (χ3n) is 2.57. The fourth-order valence-corrected chi connectivity index (χ4v) is 2.42. The maximum atomic E-state index is 12.9. The van der Waals surface area contributed by atoms with Gasteiger partial charge in [-0.05, 0) is 6.07 Å². The summed E-state index contributed by atoms with van der Waals surface area (Å²) in [7, 11) is -8.93. The van der Waals surface area contributed by atoms with Crippen molar-refractivity contribution in [3.05, 3.63) is 24.3 Å². The van der Waals surface area contributed by atoms with E-state index in [1.54, 1.807) is 36.2 Å². The molecule has 0 bridgehead atoms. The van der Waals surface area contributed by atoms with E-state index in [9.17, 15) is 25.5 Å². The standard InChI is InChI=1S/C8H9FN2O2S.CHF3O3S/c1-10-6-11(14(9,12)13)8-5-3-2-4-7(8)10;2-1(3,4)8(5,6)7/h2-5H,6H2,1H3;(H,5,6,7). The van der Waals surface area contributed by atoms with E-state index in [0.29, 0.717) is 5.69 Å².